The van der Waals surface area contributed by atoms with Crippen LogP contribution in [0, 0.1) is 0 Å². The standard InChI is InChI=1S/C16H29NO/c1-3-17-13-8-6-4-5-7-11-16(18)12-9-10-15(2)14-17/h7,10-11,16,18H,3-6,8-9,12-14H2,1-2H3/b11-7+,15-10-. The van der Waals surface area contributed by atoms with E-state index >= 15 is 0 Å². The molecule has 1 heterocycles. The number of nitrogens with zero attached hydrogens (tertiary/aromatic N) is 1. The Bertz CT molecular complexity index is 270. The van der Waals surface area contributed by atoms with Crippen molar-refractivity contribution in [3.8, 4) is 0 Å². The lowest BCUT2D eigenvalue weighted by atomic mass is 10.1. The molecule has 0 amide bonds. The molecule has 2 nitrogen and oxygen atoms in total. The highest BCUT2D eigenvalue weighted by atomic mass is 16.3. The van der Waals surface area contributed by atoms with Gasteiger partial charge in [-0.2, -0.15) is 0 Å². The molecule has 0 spiro atoms. The Morgan fingerprint density at radius 3 is 2.89 bits per heavy atom. The topological polar surface area (TPSA) is 23.5 Å². The predicted octanol–water partition coefficient (Wildman–Crippen LogP) is 3.53. The predicted molar refractivity (Wildman–Crippen MR) is 78.7 cm³/mol. The first-order valence-electron chi connectivity index (χ1n) is 7.45. The first-order valence-corrected chi connectivity index (χ1v) is 7.45. The van der Waals surface area contributed by atoms with Crippen LogP contribution in [0.3, 0.4) is 0 Å². The minimum atomic E-state index is -0.265. The fraction of sp³-hybridized carbons (Fsp3) is 0.750. The molecule has 1 atom stereocenters. The van der Waals surface area contributed by atoms with Gasteiger partial charge in [-0.05, 0) is 52.1 Å². The highest BCUT2D eigenvalue weighted by Gasteiger charge is 2.04. The Morgan fingerprint density at radius 1 is 1.28 bits per heavy atom. The van der Waals surface area contributed by atoms with Crippen molar-refractivity contribution in [3.05, 3.63) is 23.8 Å². The van der Waals surface area contributed by atoms with E-state index in [0.29, 0.717) is 0 Å². The SMILES string of the molecule is CCN1CCCCC/C=C/C(O)CC/C=C(/C)C1. The monoisotopic (exact) mass is 251 g/mol. The van der Waals surface area contributed by atoms with Crippen molar-refractivity contribution in [2.45, 2.75) is 58.5 Å². The summed E-state index contributed by atoms with van der Waals surface area (Å²) in [6.07, 6.45) is 12.9. The maximum Gasteiger partial charge on any atom is 0.0723 e. The number of likely N-dealkylation sites (N-methyl/N-ethyl adjacent to an activating group) is 1. The summed E-state index contributed by atoms with van der Waals surface area (Å²) in [5, 5.41) is 9.78. The third-order valence-corrected chi connectivity index (χ3v) is 3.58. The van der Waals surface area contributed by atoms with Crippen molar-refractivity contribution in [2.24, 2.45) is 0 Å². The van der Waals surface area contributed by atoms with Gasteiger partial charge in [-0.1, -0.05) is 37.1 Å². The molecule has 0 radical (unpaired) electrons. The zero-order valence-electron chi connectivity index (χ0n) is 12.1. The van der Waals surface area contributed by atoms with Crippen LogP contribution in [0.1, 0.15) is 52.4 Å². The van der Waals surface area contributed by atoms with Gasteiger partial charge in [-0.15, -0.1) is 0 Å². The second-order valence-electron chi connectivity index (χ2n) is 5.34. The van der Waals surface area contributed by atoms with Gasteiger partial charge in [0.15, 0.2) is 0 Å². The van der Waals surface area contributed by atoms with Gasteiger partial charge >= 0.3 is 0 Å². The molecule has 104 valence electrons. The lowest BCUT2D eigenvalue weighted by Gasteiger charge is -2.21. The van der Waals surface area contributed by atoms with E-state index in [9.17, 15) is 5.11 Å². The second kappa shape index (κ2) is 9.35. The van der Waals surface area contributed by atoms with Gasteiger partial charge in [0.2, 0.25) is 0 Å². The first kappa shape index (κ1) is 15.5. The molecular weight excluding hydrogens is 222 g/mol. The molecule has 0 fully saturated rings. The molecule has 1 aliphatic rings. The molecule has 0 aromatic carbocycles. The molecule has 0 saturated carbocycles. The average Bonchev–Trinajstić information content (AvgIpc) is 2.35. The first-order chi connectivity index (χ1) is 8.72. The van der Waals surface area contributed by atoms with Crippen LogP contribution in [-0.4, -0.2) is 35.7 Å². The summed E-state index contributed by atoms with van der Waals surface area (Å²) in [6.45, 7) is 7.88. The van der Waals surface area contributed by atoms with Gasteiger partial charge in [-0.3, -0.25) is 4.90 Å². The van der Waals surface area contributed by atoms with E-state index in [1.165, 1.54) is 31.4 Å². The molecule has 0 aromatic heterocycles. The number of allylic oxidation sites excluding steroid dienone is 2. The molecule has 1 unspecified atom stereocenters. The molecule has 0 bridgehead atoms. The average molecular weight is 251 g/mol. The number of hydrogen-bond acceptors (Lipinski definition) is 2. The van der Waals surface area contributed by atoms with E-state index in [1.807, 2.05) is 6.08 Å². The summed E-state index contributed by atoms with van der Waals surface area (Å²) < 4.78 is 0. The molecule has 2 heteroatoms. The molecular formula is C16H29NO. The fourth-order valence-corrected chi connectivity index (χ4v) is 2.39. The molecule has 0 aliphatic carbocycles. The zero-order valence-corrected chi connectivity index (χ0v) is 12.1. The lowest BCUT2D eigenvalue weighted by Crippen LogP contribution is -2.26. The Kier molecular flexibility index (Phi) is 8.03. The van der Waals surface area contributed by atoms with Gasteiger partial charge < -0.3 is 5.11 Å². The summed E-state index contributed by atoms with van der Waals surface area (Å²) in [5.74, 6) is 0. The van der Waals surface area contributed by atoms with Crippen molar-refractivity contribution < 1.29 is 5.11 Å². The molecule has 1 N–H and O–H groups in total. The summed E-state index contributed by atoms with van der Waals surface area (Å²) in [5.41, 5.74) is 1.44. The van der Waals surface area contributed by atoms with E-state index in [2.05, 4.69) is 30.9 Å². The summed E-state index contributed by atoms with van der Waals surface area (Å²) in [6, 6.07) is 0. The normalized spacial score (nSPS) is 30.2. The van der Waals surface area contributed by atoms with E-state index in [0.717, 1.165) is 32.4 Å². The molecule has 18 heavy (non-hydrogen) atoms. The third kappa shape index (κ3) is 6.97. The molecule has 1 aliphatic heterocycles. The van der Waals surface area contributed by atoms with Crippen LogP contribution in [0.5, 0.6) is 0 Å². The number of rotatable bonds is 1. The fourth-order valence-electron chi connectivity index (χ4n) is 2.39. The summed E-state index contributed by atoms with van der Waals surface area (Å²) in [4.78, 5) is 2.52. The van der Waals surface area contributed by atoms with Gasteiger partial charge in [-0.25, -0.2) is 0 Å². The van der Waals surface area contributed by atoms with Crippen molar-refractivity contribution in [2.75, 3.05) is 19.6 Å². The van der Waals surface area contributed by atoms with Crippen LogP contribution >= 0.6 is 0 Å². The summed E-state index contributed by atoms with van der Waals surface area (Å²) >= 11 is 0. The Labute approximate surface area is 112 Å². The Morgan fingerprint density at radius 2 is 2.11 bits per heavy atom. The highest BCUT2D eigenvalue weighted by Crippen LogP contribution is 2.09. The largest absolute Gasteiger partial charge is 0.389 e. The van der Waals surface area contributed by atoms with E-state index in [-0.39, 0.29) is 6.10 Å². The van der Waals surface area contributed by atoms with Gasteiger partial charge in [0.25, 0.3) is 0 Å². The second-order valence-corrected chi connectivity index (χ2v) is 5.34. The zero-order chi connectivity index (χ0) is 13.2. The maximum absolute atomic E-state index is 9.78. The Balaban J connectivity index is 2.51. The van der Waals surface area contributed by atoms with Crippen LogP contribution in [0.2, 0.25) is 0 Å². The van der Waals surface area contributed by atoms with Gasteiger partial charge in [0.1, 0.15) is 0 Å². The minimum absolute atomic E-state index is 0.265. The van der Waals surface area contributed by atoms with Crippen LogP contribution in [0.25, 0.3) is 0 Å². The van der Waals surface area contributed by atoms with Crippen molar-refractivity contribution in [1.29, 1.82) is 0 Å². The maximum atomic E-state index is 9.78. The van der Waals surface area contributed by atoms with Gasteiger partial charge in [0, 0.05) is 6.54 Å². The molecule has 0 saturated heterocycles. The lowest BCUT2D eigenvalue weighted by molar-refractivity contribution is 0.213. The molecule has 1 rings (SSSR count). The van der Waals surface area contributed by atoms with Crippen LogP contribution in [-0.2, 0) is 0 Å². The van der Waals surface area contributed by atoms with Crippen LogP contribution in [0.4, 0.5) is 0 Å². The third-order valence-electron chi connectivity index (χ3n) is 3.58. The minimum Gasteiger partial charge on any atom is -0.389 e. The highest BCUT2D eigenvalue weighted by molar-refractivity contribution is 5.01. The van der Waals surface area contributed by atoms with Crippen LogP contribution in [0.15, 0.2) is 23.8 Å². The number of aliphatic hydroxyl groups is 1. The number of aliphatic hydroxyl groups excluding tert-OH is 1. The van der Waals surface area contributed by atoms with Crippen molar-refractivity contribution >= 4 is 0 Å². The van der Waals surface area contributed by atoms with E-state index < -0.39 is 0 Å². The number of hydrogen-bond donors (Lipinski definition) is 1. The van der Waals surface area contributed by atoms with E-state index in [1.54, 1.807) is 0 Å². The molecule has 0 aromatic rings. The van der Waals surface area contributed by atoms with E-state index in [4.69, 9.17) is 0 Å². The van der Waals surface area contributed by atoms with Gasteiger partial charge in [0.05, 0.1) is 6.10 Å². The Hall–Kier alpha value is -0.600. The van der Waals surface area contributed by atoms with Crippen molar-refractivity contribution in [3.63, 3.8) is 0 Å². The quantitative estimate of drug-likeness (QED) is 0.721. The van der Waals surface area contributed by atoms with Crippen LogP contribution < -0.4 is 0 Å². The smallest absolute Gasteiger partial charge is 0.0723 e. The summed E-state index contributed by atoms with van der Waals surface area (Å²) in [7, 11) is 0. The van der Waals surface area contributed by atoms with Crippen molar-refractivity contribution in [1.82, 2.24) is 4.90 Å².